The van der Waals surface area contributed by atoms with Crippen LogP contribution in [0.3, 0.4) is 0 Å². The minimum atomic E-state index is -0.0745. The SMILES string of the molecule is Cl.NCC(NC(=O)c1ccc(-c2ccccc2)[nH]1)C1CC1. The summed E-state index contributed by atoms with van der Waals surface area (Å²) in [5.74, 6) is 0.488. The summed E-state index contributed by atoms with van der Waals surface area (Å²) < 4.78 is 0. The molecule has 1 amide bonds. The van der Waals surface area contributed by atoms with Crippen molar-refractivity contribution in [2.75, 3.05) is 6.54 Å². The van der Waals surface area contributed by atoms with Gasteiger partial charge in [0.15, 0.2) is 0 Å². The van der Waals surface area contributed by atoms with Crippen molar-refractivity contribution in [1.82, 2.24) is 10.3 Å². The van der Waals surface area contributed by atoms with Gasteiger partial charge in [-0.1, -0.05) is 30.3 Å². The summed E-state index contributed by atoms with van der Waals surface area (Å²) in [6.07, 6.45) is 2.34. The van der Waals surface area contributed by atoms with Gasteiger partial charge < -0.3 is 16.0 Å². The smallest absolute Gasteiger partial charge is 0.267 e. The molecule has 1 heterocycles. The highest BCUT2D eigenvalue weighted by molar-refractivity contribution is 5.93. The van der Waals surface area contributed by atoms with Crippen molar-refractivity contribution in [2.45, 2.75) is 18.9 Å². The molecule has 1 fully saturated rings. The number of nitrogens with two attached hydrogens (primary N) is 1. The first-order valence-electron chi connectivity index (χ1n) is 7.03. The van der Waals surface area contributed by atoms with E-state index in [4.69, 9.17) is 5.73 Å². The van der Waals surface area contributed by atoms with E-state index in [2.05, 4.69) is 10.3 Å². The lowest BCUT2D eigenvalue weighted by Crippen LogP contribution is -2.41. The summed E-state index contributed by atoms with van der Waals surface area (Å²) in [4.78, 5) is 15.4. The van der Waals surface area contributed by atoms with Crippen LogP contribution in [0.4, 0.5) is 0 Å². The second-order valence-corrected chi connectivity index (χ2v) is 5.30. The van der Waals surface area contributed by atoms with Crippen LogP contribution < -0.4 is 11.1 Å². The Balaban J connectivity index is 0.00000161. The van der Waals surface area contributed by atoms with E-state index in [1.54, 1.807) is 0 Å². The highest BCUT2D eigenvalue weighted by atomic mass is 35.5. The summed E-state index contributed by atoms with van der Waals surface area (Å²) in [5, 5.41) is 3.01. The first-order chi connectivity index (χ1) is 9.78. The molecule has 4 N–H and O–H groups in total. The largest absolute Gasteiger partial charge is 0.351 e. The van der Waals surface area contributed by atoms with Gasteiger partial charge in [0.25, 0.3) is 5.91 Å². The van der Waals surface area contributed by atoms with Crippen molar-refractivity contribution in [3.05, 3.63) is 48.2 Å². The van der Waals surface area contributed by atoms with Gasteiger partial charge in [-0.25, -0.2) is 0 Å². The zero-order valence-corrected chi connectivity index (χ0v) is 12.5. The lowest BCUT2D eigenvalue weighted by atomic mass is 10.2. The minimum Gasteiger partial charge on any atom is -0.351 e. The fraction of sp³-hybridized carbons (Fsp3) is 0.312. The van der Waals surface area contributed by atoms with Gasteiger partial charge in [0.1, 0.15) is 5.69 Å². The maximum absolute atomic E-state index is 12.2. The molecule has 1 aliphatic carbocycles. The van der Waals surface area contributed by atoms with Crippen LogP contribution in [0, 0.1) is 5.92 Å². The molecule has 1 aromatic carbocycles. The van der Waals surface area contributed by atoms with Gasteiger partial charge in [0, 0.05) is 18.3 Å². The fourth-order valence-corrected chi connectivity index (χ4v) is 2.43. The Morgan fingerprint density at radius 3 is 2.57 bits per heavy atom. The predicted molar refractivity (Wildman–Crippen MR) is 86.5 cm³/mol. The van der Waals surface area contributed by atoms with E-state index in [0.717, 1.165) is 11.3 Å². The van der Waals surface area contributed by atoms with Crippen molar-refractivity contribution in [1.29, 1.82) is 0 Å². The minimum absolute atomic E-state index is 0. The molecule has 0 aliphatic heterocycles. The van der Waals surface area contributed by atoms with Gasteiger partial charge in [-0.05, 0) is 36.5 Å². The summed E-state index contributed by atoms with van der Waals surface area (Å²) in [6, 6.07) is 13.8. The normalized spacial score (nSPS) is 15.1. The molecular formula is C16H20ClN3O. The molecule has 0 bridgehead atoms. The summed E-state index contributed by atoms with van der Waals surface area (Å²) in [5.41, 5.74) is 8.32. The summed E-state index contributed by atoms with van der Waals surface area (Å²) in [7, 11) is 0. The third-order valence-corrected chi connectivity index (χ3v) is 3.78. The summed E-state index contributed by atoms with van der Waals surface area (Å²) >= 11 is 0. The summed E-state index contributed by atoms with van der Waals surface area (Å²) in [6.45, 7) is 0.503. The fourth-order valence-electron chi connectivity index (χ4n) is 2.43. The second kappa shape index (κ2) is 6.78. The maximum Gasteiger partial charge on any atom is 0.267 e. The lowest BCUT2D eigenvalue weighted by molar-refractivity contribution is 0.0929. The van der Waals surface area contributed by atoms with Gasteiger partial charge in [0.2, 0.25) is 0 Å². The van der Waals surface area contributed by atoms with Crippen LogP contribution in [0.25, 0.3) is 11.3 Å². The first-order valence-corrected chi connectivity index (χ1v) is 7.03. The van der Waals surface area contributed by atoms with Gasteiger partial charge >= 0.3 is 0 Å². The van der Waals surface area contributed by atoms with Gasteiger partial charge in [-0.3, -0.25) is 4.79 Å². The van der Waals surface area contributed by atoms with Crippen LogP contribution >= 0.6 is 12.4 Å². The number of carbonyl (C=O) groups is 1. The quantitative estimate of drug-likeness (QED) is 0.794. The Bertz CT molecular complexity index is 593. The number of benzene rings is 1. The Hall–Kier alpha value is -1.78. The van der Waals surface area contributed by atoms with Crippen LogP contribution in [-0.4, -0.2) is 23.5 Å². The molecular weight excluding hydrogens is 286 g/mol. The standard InChI is InChI=1S/C16H19N3O.ClH/c17-10-15(12-6-7-12)19-16(20)14-9-8-13(18-14)11-4-2-1-3-5-11;/h1-5,8-9,12,15,18H,6-7,10,17H2,(H,19,20);1H. The molecule has 112 valence electrons. The van der Waals surface area contributed by atoms with E-state index < -0.39 is 0 Å². The van der Waals surface area contributed by atoms with Crippen LogP contribution in [0.2, 0.25) is 0 Å². The number of amides is 1. The average Bonchev–Trinajstić information content (AvgIpc) is 3.21. The number of nitrogens with one attached hydrogen (secondary N) is 2. The third-order valence-electron chi connectivity index (χ3n) is 3.78. The van der Waals surface area contributed by atoms with Crippen LogP contribution in [0.1, 0.15) is 23.3 Å². The van der Waals surface area contributed by atoms with Crippen LogP contribution in [-0.2, 0) is 0 Å². The number of halogens is 1. The number of H-pyrrole nitrogens is 1. The zero-order valence-electron chi connectivity index (χ0n) is 11.7. The van der Waals surface area contributed by atoms with Gasteiger partial charge in [0.05, 0.1) is 0 Å². The van der Waals surface area contributed by atoms with Crippen LogP contribution in [0.15, 0.2) is 42.5 Å². The van der Waals surface area contributed by atoms with E-state index in [1.807, 2.05) is 42.5 Å². The van der Waals surface area contributed by atoms with E-state index >= 15 is 0 Å². The Morgan fingerprint density at radius 2 is 1.95 bits per heavy atom. The van der Waals surface area contributed by atoms with Crippen molar-refractivity contribution in [3.8, 4) is 11.3 Å². The molecule has 5 heteroatoms. The number of aromatic nitrogens is 1. The van der Waals surface area contributed by atoms with Crippen molar-refractivity contribution >= 4 is 18.3 Å². The molecule has 4 nitrogen and oxygen atoms in total. The van der Waals surface area contributed by atoms with E-state index in [-0.39, 0.29) is 24.4 Å². The Kier molecular flexibility index (Phi) is 5.04. The molecule has 1 unspecified atom stereocenters. The maximum atomic E-state index is 12.2. The molecule has 0 saturated heterocycles. The average molecular weight is 306 g/mol. The monoisotopic (exact) mass is 305 g/mol. The molecule has 1 aliphatic rings. The van der Waals surface area contributed by atoms with Crippen molar-refractivity contribution in [2.24, 2.45) is 11.7 Å². The van der Waals surface area contributed by atoms with Crippen molar-refractivity contribution < 1.29 is 4.79 Å². The van der Waals surface area contributed by atoms with Crippen LogP contribution in [0.5, 0.6) is 0 Å². The molecule has 21 heavy (non-hydrogen) atoms. The number of hydrogen-bond donors (Lipinski definition) is 3. The van der Waals surface area contributed by atoms with E-state index in [9.17, 15) is 4.79 Å². The molecule has 1 aromatic heterocycles. The molecule has 0 radical (unpaired) electrons. The highest BCUT2D eigenvalue weighted by Gasteiger charge is 2.31. The van der Waals surface area contributed by atoms with Gasteiger partial charge in [-0.15, -0.1) is 12.4 Å². The number of rotatable bonds is 5. The topological polar surface area (TPSA) is 70.9 Å². The number of hydrogen-bond acceptors (Lipinski definition) is 2. The lowest BCUT2D eigenvalue weighted by Gasteiger charge is -2.15. The van der Waals surface area contributed by atoms with Gasteiger partial charge in [-0.2, -0.15) is 0 Å². The molecule has 0 spiro atoms. The predicted octanol–water partition coefficient (Wildman–Crippen LogP) is 2.57. The van der Waals surface area contributed by atoms with E-state index in [0.29, 0.717) is 18.2 Å². The molecule has 3 rings (SSSR count). The second-order valence-electron chi connectivity index (χ2n) is 5.30. The first kappa shape index (κ1) is 15.6. The Labute approximate surface area is 130 Å². The zero-order chi connectivity index (χ0) is 13.9. The van der Waals surface area contributed by atoms with E-state index in [1.165, 1.54) is 12.8 Å². The number of aromatic amines is 1. The molecule has 1 atom stereocenters. The highest BCUT2D eigenvalue weighted by Crippen LogP contribution is 2.32. The Morgan fingerprint density at radius 1 is 1.24 bits per heavy atom. The third kappa shape index (κ3) is 3.65. The molecule has 1 saturated carbocycles. The number of carbonyl (C=O) groups excluding carboxylic acids is 1. The van der Waals surface area contributed by atoms with Crippen molar-refractivity contribution in [3.63, 3.8) is 0 Å². The molecule has 2 aromatic rings.